The Bertz CT molecular complexity index is 880. The van der Waals surface area contributed by atoms with Crippen LogP contribution in [0.15, 0.2) is 41.1 Å². The summed E-state index contributed by atoms with van der Waals surface area (Å²) < 4.78 is 44.1. The maximum absolute atomic E-state index is 12.4. The molecule has 0 aliphatic carbocycles. The molecule has 3 aromatic rings. The third-order valence-electron chi connectivity index (χ3n) is 3.25. The van der Waals surface area contributed by atoms with E-state index in [0.717, 1.165) is 0 Å². The summed E-state index contributed by atoms with van der Waals surface area (Å²) in [4.78, 5) is 18.5. The summed E-state index contributed by atoms with van der Waals surface area (Å²) in [6.07, 6.45) is 1.59. The van der Waals surface area contributed by atoms with E-state index in [4.69, 9.17) is 14.0 Å². The molecule has 0 spiro atoms. The first-order chi connectivity index (χ1) is 12.6. The maximum Gasteiger partial charge on any atom is 0.387 e. The first kappa shape index (κ1) is 17.4. The first-order valence-electron chi connectivity index (χ1n) is 7.33. The molecule has 2 heterocycles. The predicted molar refractivity (Wildman–Crippen MR) is 82.8 cm³/mol. The number of alkyl halides is 2. The molecule has 0 atom stereocenters. The zero-order chi connectivity index (χ0) is 18.5. The molecule has 2 aromatic heterocycles. The lowest BCUT2D eigenvalue weighted by molar-refractivity contribution is -0.0512. The number of carbonyl (C=O) groups excluding carboxylic acids is 1. The van der Waals surface area contributed by atoms with Gasteiger partial charge in [0.15, 0.2) is 18.1 Å². The average Bonchev–Trinajstić information content (AvgIpc) is 3.31. The lowest BCUT2D eigenvalue weighted by atomic mass is 10.2. The van der Waals surface area contributed by atoms with Gasteiger partial charge in [-0.3, -0.25) is 0 Å². The van der Waals surface area contributed by atoms with Crippen LogP contribution in [0.4, 0.5) is 8.78 Å². The minimum absolute atomic E-state index is 0.0757. The van der Waals surface area contributed by atoms with Crippen LogP contribution in [0.3, 0.4) is 0 Å². The number of carbonyl (C=O) groups is 1. The fourth-order valence-electron chi connectivity index (χ4n) is 2.09. The van der Waals surface area contributed by atoms with Gasteiger partial charge in [0.1, 0.15) is 5.69 Å². The molecule has 1 N–H and O–H groups in total. The highest BCUT2D eigenvalue weighted by Gasteiger charge is 2.16. The van der Waals surface area contributed by atoms with Gasteiger partial charge >= 0.3 is 12.6 Å². The maximum atomic E-state index is 12.4. The van der Waals surface area contributed by atoms with Crippen LogP contribution in [0.25, 0.3) is 11.4 Å². The van der Waals surface area contributed by atoms with Gasteiger partial charge in [0.05, 0.1) is 7.11 Å². The van der Waals surface area contributed by atoms with Crippen LogP contribution in [0.5, 0.6) is 11.5 Å². The number of hydrogen-bond acceptors (Lipinski definition) is 7. The van der Waals surface area contributed by atoms with Gasteiger partial charge in [-0.2, -0.15) is 13.8 Å². The average molecular weight is 365 g/mol. The summed E-state index contributed by atoms with van der Waals surface area (Å²) in [5.41, 5.74) is 0.748. The zero-order valence-corrected chi connectivity index (χ0v) is 13.4. The van der Waals surface area contributed by atoms with Crippen molar-refractivity contribution in [3.05, 3.63) is 48.1 Å². The Morgan fingerprint density at radius 2 is 2.15 bits per heavy atom. The molecule has 0 aliphatic heterocycles. The van der Waals surface area contributed by atoms with Crippen LogP contribution in [-0.2, 0) is 11.3 Å². The number of halogens is 2. The van der Waals surface area contributed by atoms with E-state index in [2.05, 4.69) is 19.9 Å². The Labute approximate surface area is 145 Å². The minimum Gasteiger partial charge on any atom is -0.493 e. The predicted octanol–water partition coefficient (Wildman–Crippen LogP) is 3.03. The van der Waals surface area contributed by atoms with Crippen LogP contribution < -0.4 is 9.47 Å². The summed E-state index contributed by atoms with van der Waals surface area (Å²) in [5.74, 6) is -0.336. The van der Waals surface area contributed by atoms with E-state index >= 15 is 0 Å². The highest BCUT2D eigenvalue weighted by molar-refractivity contribution is 5.87. The van der Waals surface area contributed by atoms with E-state index in [0.29, 0.717) is 11.3 Å². The summed E-state index contributed by atoms with van der Waals surface area (Å²) in [6, 6.07) is 7.44. The van der Waals surface area contributed by atoms with Crippen LogP contribution in [0, 0.1) is 0 Å². The standard InChI is InChI=1S/C16H13F2N3O5/c1-23-12-7-9(4-5-11(12)25-16(17)18)14-20-13(26-21-14)8-24-15(22)10-3-2-6-19-10/h2-7,16,19H,8H2,1H3. The Kier molecular flexibility index (Phi) is 5.11. The highest BCUT2D eigenvalue weighted by Crippen LogP contribution is 2.32. The van der Waals surface area contributed by atoms with E-state index < -0.39 is 12.6 Å². The molecule has 0 bridgehead atoms. The second-order valence-corrected chi connectivity index (χ2v) is 4.92. The molecule has 0 saturated carbocycles. The van der Waals surface area contributed by atoms with Crippen LogP contribution >= 0.6 is 0 Å². The molecular formula is C16H13F2N3O5. The normalized spacial score (nSPS) is 10.8. The van der Waals surface area contributed by atoms with Crippen molar-refractivity contribution in [3.63, 3.8) is 0 Å². The van der Waals surface area contributed by atoms with Crippen molar-refractivity contribution in [1.82, 2.24) is 15.1 Å². The van der Waals surface area contributed by atoms with Crippen molar-refractivity contribution < 1.29 is 32.3 Å². The SMILES string of the molecule is COc1cc(-c2noc(COC(=O)c3ccc[nH]3)n2)ccc1OC(F)F. The Morgan fingerprint density at radius 1 is 1.31 bits per heavy atom. The molecule has 0 unspecified atom stereocenters. The zero-order valence-electron chi connectivity index (χ0n) is 13.4. The minimum atomic E-state index is -2.97. The molecule has 0 amide bonds. The number of aromatic amines is 1. The second kappa shape index (κ2) is 7.64. The number of aromatic nitrogens is 3. The molecule has 8 nitrogen and oxygen atoms in total. The number of nitrogens with zero attached hydrogens (tertiary/aromatic N) is 2. The molecular weight excluding hydrogens is 352 g/mol. The van der Waals surface area contributed by atoms with E-state index in [1.165, 1.54) is 25.3 Å². The molecule has 26 heavy (non-hydrogen) atoms. The number of hydrogen-bond donors (Lipinski definition) is 1. The summed E-state index contributed by atoms with van der Waals surface area (Å²) in [6.45, 7) is -3.19. The highest BCUT2D eigenvalue weighted by atomic mass is 19.3. The van der Waals surface area contributed by atoms with Crippen molar-refractivity contribution >= 4 is 5.97 Å². The molecule has 0 aliphatic rings. The summed E-state index contributed by atoms with van der Waals surface area (Å²) in [7, 11) is 1.32. The fraction of sp³-hybridized carbons (Fsp3) is 0.188. The van der Waals surface area contributed by atoms with Gasteiger partial charge in [-0.25, -0.2) is 4.79 Å². The van der Waals surface area contributed by atoms with Gasteiger partial charge in [0.2, 0.25) is 5.82 Å². The van der Waals surface area contributed by atoms with Gasteiger partial charge in [-0.05, 0) is 30.3 Å². The summed E-state index contributed by atoms with van der Waals surface area (Å²) in [5, 5.41) is 3.76. The number of benzene rings is 1. The molecule has 136 valence electrons. The van der Waals surface area contributed by atoms with Crippen molar-refractivity contribution in [3.8, 4) is 22.9 Å². The van der Waals surface area contributed by atoms with E-state index in [-0.39, 0.29) is 29.8 Å². The smallest absolute Gasteiger partial charge is 0.387 e. The molecule has 0 radical (unpaired) electrons. The number of esters is 1. The van der Waals surface area contributed by atoms with E-state index in [9.17, 15) is 13.6 Å². The van der Waals surface area contributed by atoms with Crippen molar-refractivity contribution in [2.75, 3.05) is 7.11 Å². The largest absolute Gasteiger partial charge is 0.493 e. The lowest BCUT2D eigenvalue weighted by Gasteiger charge is -2.10. The molecule has 1 aromatic carbocycles. The topological polar surface area (TPSA) is 99.5 Å². The van der Waals surface area contributed by atoms with Gasteiger partial charge in [-0.15, -0.1) is 0 Å². The number of nitrogens with one attached hydrogen (secondary N) is 1. The van der Waals surface area contributed by atoms with Gasteiger partial charge in [0.25, 0.3) is 5.89 Å². The van der Waals surface area contributed by atoms with Crippen molar-refractivity contribution in [2.45, 2.75) is 13.2 Å². The molecule has 0 fully saturated rings. The summed E-state index contributed by atoms with van der Waals surface area (Å²) >= 11 is 0. The van der Waals surface area contributed by atoms with Crippen LogP contribution in [0.1, 0.15) is 16.4 Å². The Balaban J connectivity index is 1.70. The van der Waals surface area contributed by atoms with Crippen molar-refractivity contribution in [1.29, 1.82) is 0 Å². The fourth-order valence-corrected chi connectivity index (χ4v) is 2.09. The van der Waals surface area contributed by atoms with Crippen LogP contribution in [0.2, 0.25) is 0 Å². The molecule has 10 heteroatoms. The Morgan fingerprint density at radius 3 is 2.85 bits per heavy atom. The Hall–Kier alpha value is -3.43. The van der Waals surface area contributed by atoms with Gasteiger partial charge < -0.3 is 23.7 Å². The second-order valence-electron chi connectivity index (χ2n) is 4.92. The molecule has 0 saturated heterocycles. The number of methoxy groups -OCH3 is 1. The van der Waals surface area contributed by atoms with E-state index in [1.54, 1.807) is 18.3 Å². The number of H-pyrrole nitrogens is 1. The van der Waals surface area contributed by atoms with Crippen LogP contribution in [-0.4, -0.2) is 34.8 Å². The first-order valence-corrected chi connectivity index (χ1v) is 7.33. The quantitative estimate of drug-likeness (QED) is 0.643. The third-order valence-corrected chi connectivity index (χ3v) is 3.25. The van der Waals surface area contributed by atoms with E-state index in [1.807, 2.05) is 0 Å². The van der Waals surface area contributed by atoms with Crippen molar-refractivity contribution in [2.24, 2.45) is 0 Å². The van der Waals surface area contributed by atoms with Gasteiger partial charge in [-0.1, -0.05) is 5.16 Å². The number of ether oxygens (including phenoxy) is 3. The van der Waals surface area contributed by atoms with Gasteiger partial charge in [0, 0.05) is 11.8 Å². The third kappa shape index (κ3) is 3.97. The molecule has 3 rings (SSSR count). The number of rotatable bonds is 7. The monoisotopic (exact) mass is 365 g/mol. The lowest BCUT2D eigenvalue weighted by Crippen LogP contribution is -2.05.